The summed E-state index contributed by atoms with van der Waals surface area (Å²) in [5, 5.41) is 1.95. The van der Waals surface area contributed by atoms with Crippen molar-refractivity contribution >= 4 is 33.0 Å². The molecule has 0 unspecified atom stereocenters. The number of carbonyl (C=O) groups is 1. The van der Waals surface area contributed by atoms with E-state index in [1.807, 2.05) is 35.4 Å². The molecule has 0 radical (unpaired) electrons. The number of benzene rings is 1. The van der Waals surface area contributed by atoms with Crippen LogP contribution < -0.4 is 9.47 Å². The van der Waals surface area contributed by atoms with Gasteiger partial charge in [0, 0.05) is 34.7 Å². The number of ketones is 1. The zero-order valence-electron chi connectivity index (χ0n) is 15.3. The van der Waals surface area contributed by atoms with Crippen LogP contribution in [0.15, 0.2) is 29.3 Å². The van der Waals surface area contributed by atoms with Gasteiger partial charge in [-0.15, -0.1) is 11.3 Å². The lowest BCUT2D eigenvalue weighted by Crippen LogP contribution is -2.41. The van der Waals surface area contributed by atoms with Crippen molar-refractivity contribution in [3.05, 3.63) is 50.9 Å². The highest BCUT2D eigenvalue weighted by Crippen LogP contribution is 2.43. The SMILES string of the molecule is Cc1c2c(cc3c1OC(=Cc1cccs1)C3=O)CN([C@@H]1CCS(=O)(=O)C1)CO2. The van der Waals surface area contributed by atoms with E-state index in [0.29, 0.717) is 36.8 Å². The second-order valence-electron chi connectivity index (χ2n) is 7.40. The predicted octanol–water partition coefficient (Wildman–Crippen LogP) is 3.01. The van der Waals surface area contributed by atoms with Crippen molar-refractivity contribution in [1.82, 2.24) is 4.90 Å². The molecule has 1 aromatic heterocycles. The number of hydrogen-bond acceptors (Lipinski definition) is 7. The van der Waals surface area contributed by atoms with Gasteiger partial charge in [-0.1, -0.05) is 6.07 Å². The molecule has 1 atom stereocenters. The number of fused-ring (bicyclic) bond motifs is 2. The molecule has 0 bridgehead atoms. The van der Waals surface area contributed by atoms with Gasteiger partial charge in [0.05, 0.1) is 17.1 Å². The van der Waals surface area contributed by atoms with Crippen LogP contribution in [0.3, 0.4) is 0 Å². The van der Waals surface area contributed by atoms with Gasteiger partial charge in [0.15, 0.2) is 15.6 Å². The van der Waals surface area contributed by atoms with Crippen LogP contribution in [0.1, 0.15) is 32.8 Å². The largest absolute Gasteiger partial charge is 0.477 e. The lowest BCUT2D eigenvalue weighted by molar-refractivity contribution is 0.0637. The van der Waals surface area contributed by atoms with E-state index in [2.05, 4.69) is 0 Å². The van der Waals surface area contributed by atoms with E-state index in [4.69, 9.17) is 9.47 Å². The molecule has 6 nitrogen and oxygen atoms in total. The van der Waals surface area contributed by atoms with Gasteiger partial charge in [-0.25, -0.2) is 8.42 Å². The molecule has 28 heavy (non-hydrogen) atoms. The van der Waals surface area contributed by atoms with E-state index >= 15 is 0 Å². The van der Waals surface area contributed by atoms with E-state index in [1.165, 1.54) is 0 Å². The Hall–Kier alpha value is -2.16. The second kappa shape index (κ2) is 6.43. The molecule has 3 aliphatic heterocycles. The van der Waals surface area contributed by atoms with E-state index in [1.54, 1.807) is 17.4 Å². The van der Waals surface area contributed by atoms with Crippen LogP contribution in [-0.4, -0.2) is 43.4 Å². The number of sulfone groups is 1. The summed E-state index contributed by atoms with van der Waals surface area (Å²) in [5.74, 6) is 1.89. The third kappa shape index (κ3) is 2.96. The maximum atomic E-state index is 12.9. The summed E-state index contributed by atoms with van der Waals surface area (Å²) < 4.78 is 35.5. The molecule has 3 aliphatic rings. The van der Waals surface area contributed by atoms with E-state index in [9.17, 15) is 13.2 Å². The average molecular weight is 418 g/mol. The van der Waals surface area contributed by atoms with Gasteiger partial charge in [0.2, 0.25) is 5.78 Å². The maximum absolute atomic E-state index is 12.9. The molecule has 1 aromatic carbocycles. The lowest BCUT2D eigenvalue weighted by Gasteiger charge is -2.33. The van der Waals surface area contributed by atoms with Crippen LogP contribution in [0, 0.1) is 6.92 Å². The highest BCUT2D eigenvalue weighted by molar-refractivity contribution is 7.91. The van der Waals surface area contributed by atoms with Crippen LogP contribution in [0.2, 0.25) is 0 Å². The average Bonchev–Trinajstić information content (AvgIpc) is 3.37. The van der Waals surface area contributed by atoms with Crippen LogP contribution in [0.25, 0.3) is 6.08 Å². The summed E-state index contributed by atoms with van der Waals surface area (Å²) in [5.41, 5.74) is 2.26. The molecular weight excluding hydrogens is 398 g/mol. The quantitative estimate of drug-likeness (QED) is 0.700. The number of Topliss-reactive ketones (excluding diaryl/α,β-unsaturated/α-hetero) is 1. The number of allylic oxidation sites excluding steroid dienone is 1. The minimum atomic E-state index is -2.96. The molecule has 4 heterocycles. The Kier molecular flexibility index (Phi) is 4.12. The number of rotatable bonds is 2. The molecular formula is C20H19NO5S2. The van der Waals surface area contributed by atoms with Crippen molar-refractivity contribution in [3.8, 4) is 11.5 Å². The lowest BCUT2D eigenvalue weighted by atomic mass is 9.99. The van der Waals surface area contributed by atoms with Crippen molar-refractivity contribution in [2.75, 3.05) is 18.2 Å². The van der Waals surface area contributed by atoms with E-state index in [0.717, 1.165) is 21.8 Å². The third-order valence-corrected chi connectivity index (χ3v) is 8.08. The van der Waals surface area contributed by atoms with Crippen molar-refractivity contribution < 1.29 is 22.7 Å². The minimum Gasteiger partial charge on any atom is -0.477 e. The number of hydrogen-bond donors (Lipinski definition) is 0. The summed E-state index contributed by atoms with van der Waals surface area (Å²) in [6, 6.07) is 5.67. The molecule has 0 aliphatic carbocycles. The van der Waals surface area contributed by atoms with Crippen LogP contribution in [0.4, 0.5) is 0 Å². The Labute approximate surface area is 167 Å². The number of ether oxygens (including phenoxy) is 2. The zero-order chi connectivity index (χ0) is 19.5. The first-order valence-electron chi connectivity index (χ1n) is 9.13. The van der Waals surface area contributed by atoms with E-state index < -0.39 is 9.84 Å². The fourth-order valence-corrected chi connectivity index (χ4v) is 6.47. The molecule has 2 aromatic rings. The van der Waals surface area contributed by atoms with Crippen LogP contribution in [0.5, 0.6) is 11.5 Å². The molecule has 1 saturated heterocycles. The fraction of sp³-hybridized carbons (Fsp3) is 0.350. The summed E-state index contributed by atoms with van der Waals surface area (Å²) in [6.07, 6.45) is 2.39. The number of carbonyl (C=O) groups excluding carboxylic acids is 1. The van der Waals surface area contributed by atoms with Gasteiger partial charge in [0.1, 0.15) is 18.2 Å². The van der Waals surface area contributed by atoms with Crippen molar-refractivity contribution in [2.45, 2.75) is 25.9 Å². The second-order valence-corrected chi connectivity index (χ2v) is 10.6. The molecule has 0 saturated carbocycles. The monoisotopic (exact) mass is 417 g/mol. The summed E-state index contributed by atoms with van der Waals surface area (Å²) in [7, 11) is -2.96. The standard InChI is InChI=1S/C20H19NO5S2/c1-12-19-13(9-21(11-25-19)14-4-6-28(23,24)10-14)7-16-18(22)17(26-20(12)16)8-15-3-2-5-27-15/h2-3,5,7-8,14H,4,6,9-11H2,1H3/t14-/m1/s1. The predicted molar refractivity (Wildman–Crippen MR) is 107 cm³/mol. The Morgan fingerprint density at radius 3 is 2.89 bits per heavy atom. The van der Waals surface area contributed by atoms with Crippen LogP contribution >= 0.6 is 11.3 Å². The molecule has 0 spiro atoms. The number of nitrogens with zero attached hydrogens (tertiary/aromatic N) is 1. The zero-order valence-corrected chi connectivity index (χ0v) is 16.9. The topological polar surface area (TPSA) is 72.9 Å². The van der Waals surface area contributed by atoms with Gasteiger partial charge in [-0.3, -0.25) is 9.69 Å². The summed E-state index contributed by atoms with van der Waals surface area (Å²) in [6.45, 7) is 2.81. The first-order chi connectivity index (χ1) is 13.4. The highest BCUT2D eigenvalue weighted by Gasteiger charge is 2.37. The van der Waals surface area contributed by atoms with Crippen molar-refractivity contribution in [3.63, 3.8) is 0 Å². The van der Waals surface area contributed by atoms with Crippen molar-refractivity contribution in [1.29, 1.82) is 0 Å². The molecule has 8 heteroatoms. The normalized spacial score (nSPS) is 24.7. The smallest absolute Gasteiger partial charge is 0.232 e. The maximum Gasteiger partial charge on any atom is 0.232 e. The summed E-state index contributed by atoms with van der Waals surface area (Å²) in [4.78, 5) is 15.9. The number of thiophene rings is 1. The Morgan fingerprint density at radius 1 is 1.32 bits per heavy atom. The van der Waals surface area contributed by atoms with E-state index in [-0.39, 0.29) is 23.3 Å². The summed E-state index contributed by atoms with van der Waals surface area (Å²) >= 11 is 1.55. The molecule has 146 valence electrons. The van der Waals surface area contributed by atoms with Gasteiger partial charge in [-0.05, 0) is 30.9 Å². The molecule has 5 rings (SSSR count). The Balaban J connectivity index is 1.46. The Bertz CT molecular complexity index is 1100. The first-order valence-corrected chi connectivity index (χ1v) is 11.8. The first kappa shape index (κ1) is 17.9. The van der Waals surface area contributed by atoms with Gasteiger partial charge in [0.25, 0.3) is 0 Å². The van der Waals surface area contributed by atoms with Crippen molar-refractivity contribution in [2.24, 2.45) is 0 Å². The Morgan fingerprint density at radius 2 is 2.18 bits per heavy atom. The van der Waals surface area contributed by atoms with Gasteiger partial charge in [-0.2, -0.15) is 0 Å². The molecule has 1 fully saturated rings. The minimum absolute atomic E-state index is 0.0343. The molecule has 0 N–H and O–H groups in total. The highest BCUT2D eigenvalue weighted by atomic mass is 32.2. The molecule has 0 amide bonds. The van der Waals surface area contributed by atoms with Gasteiger partial charge >= 0.3 is 0 Å². The van der Waals surface area contributed by atoms with Gasteiger partial charge < -0.3 is 9.47 Å². The third-order valence-electron chi connectivity index (χ3n) is 5.51. The van der Waals surface area contributed by atoms with Crippen LogP contribution in [-0.2, 0) is 16.4 Å². The fourth-order valence-electron chi connectivity index (χ4n) is 4.07.